The fourth-order valence-corrected chi connectivity index (χ4v) is 2.59. The van der Waals surface area contributed by atoms with Crippen LogP contribution in [0.25, 0.3) is 22.1 Å². The molecule has 6 heteroatoms. The molecule has 0 aliphatic heterocycles. The Morgan fingerprint density at radius 1 is 1.13 bits per heavy atom. The maximum absolute atomic E-state index is 11.5. The number of carboxylic acid groups (broad SMARTS) is 1. The monoisotopic (exact) mass is 309 g/mol. The highest BCUT2D eigenvalue weighted by molar-refractivity contribution is 5.97. The minimum absolute atomic E-state index is 0.143. The van der Waals surface area contributed by atoms with Gasteiger partial charge in [0.05, 0.1) is 28.7 Å². The first-order chi connectivity index (χ1) is 11.1. The van der Waals surface area contributed by atoms with E-state index in [9.17, 15) is 9.59 Å². The predicted octanol–water partition coefficient (Wildman–Crippen LogP) is 2.61. The van der Waals surface area contributed by atoms with Crippen LogP contribution in [-0.4, -0.2) is 33.5 Å². The number of carbonyl (C=O) groups is 2. The van der Waals surface area contributed by atoms with E-state index in [0.29, 0.717) is 23.1 Å². The molecular weight excluding hydrogens is 294 g/mol. The highest BCUT2D eigenvalue weighted by atomic mass is 16.4. The average molecular weight is 309 g/mol. The molecule has 3 aromatic rings. The second-order valence-corrected chi connectivity index (χ2v) is 5.32. The van der Waals surface area contributed by atoms with Gasteiger partial charge in [0, 0.05) is 6.04 Å². The maximum Gasteiger partial charge on any atom is 0.305 e. The van der Waals surface area contributed by atoms with Crippen LogP contribution < -0.4 is 4.90 Å². The van der Waals surface area contributed by atoms with Crippen molar-refractivity contribution in [3.63, 3.8) is 0 Å². The summed E-state index contributed by atoms with van der Waals surface area (Å²) in [5.41, 5.74) is 3.30. The van der Waals surface area contributed by atoms with Gasteiger partial charge < -0.3 is 10.0 Å². The first kappa shape index (κ1) is 14.9. The number of benzene rings is 2. The van der Waals surface area contributed by atoms with Crippen molar-refractivity contribution >= 4 is 40.1 Å². The van der Waals surface area contributed by atoms with Gasteiger partial charge in [0.1, 0.15) is 5.52 Å². The Balaban J connectivity index is 2.17. The SMILES string of the molecule is CC(CC(=O)O)N(C=O)c1cccc2nc3ccccc3nc12. The van der Waals surface area contributed by atoms with Crippen molar-refractivity contribution in [3.8, 4) is 0 Å². The molecule has 1 unspecified atom stereocenters. The topological polar surface area (TPSA) is 83.4 Å². The summed E-state index contributed by atoms with van der Waals surface area (Å²) in [7, 11) is 0. The lowest BCUT2D eigenvalue weighted by molar-refractivity contribution is -0.137. The van der Waals surface area contributed by atoms with Gasteiger partial charge in [-0.2, -0.15) is 0 Å². The minimum atomic E-state index is -0.957. The van der Waals surface area contributed by atoms with Crippen LogP contribution in [0.4, 0.5) is 5.69 Å². The number of carboxylic acids is 1. The summed E-state index contributed by atoms with van der Waals surface area (Å²) < 4.78 is 0. The largest absolute Gasteiger partial charge is 0.481 e. The molecule has 2 aromatic carbocycles. The van der Waals surface area contributed by atoms with E-state index in [1.165, 1.54) is 4.90 Å². The molecule has 0 bridgehead atoms. The van der Waals surface area contributed by atoms with E-state index >= 15 is 0 Å². The molecule has 6 nitrogen and oxygen atoms in total. The second-order valence-electron chi connectivity index (χ2n) is 5.32. The Kier molecular flexibility index (Phi) is 3.89. The van der Waals surface area contributed by atoms with E-state index in [2.05, 4.69) is 9.97 Å². The highest BCUT2D eigenvalue weighted by Crippen LogP contribution is 2.27. The molecule has 3 rings (SSSR count). The van der Waals surface area contributed by atoms with Crippen LogP contribution in [0.1, 0.15) is 13.3 Å². The van der Waals surface area contributed by atoms with E-state index in [0.717, 1.165) is 11.0 Å². The summed E-state index contributed by atoms with van der Waals surface area (Å²) in [5.74, 6) is -0.957. The number of aromatic nitrogens is 2. The van der Waals surface area contributed by atoms with Gasteiger partial charge in [0.2, 0.25) is 6.41 Å². The lowest BCUT2D eigenvalue weighted by Crippen LogP contribution is -2.33. The van der Waals surface area contributed by atoms with Gasteiger partial charge in [-0.05, 0) is 31.2 Å². The van der Waals surface area contributed by atoms with Crippen molar-refractivity contribution in [2.45, 2.75) is 19.4 Å². The second kappa shape index (κ2) is 6.00. The Morgan fingerprint density at radius 3 is 2.43 bits per heavy atom. The van der Waals surface area contributed by atoms with E-state index in [-0.39, 0.29) is 6.42 Å². The maximum atomic E-state index is 11.5. The number of amides is 1. The molecule has 116 valence electrons. The average Bonchev–Trinajstić information content (AvgIpc) is 2.53. The van der Waals surface area contributed by atoms with Crippen molar-refractivity contribution in [3.05, 3.63) is 42.5 Å². The van der Waals surface area contributed by atoms with Crippen LogP contribution >= 0.6 is 0 Å². The molecule has 1 heterocycles. The molecule has 1 aromatic heterocycles. The molecule has 23 heavy (non-hydrogen) atoms. The van der Waals surface area contributed by atoms with Crippen molar-refractivity contribution in [1.82, 2.24) is 9.97 Å². The Bertz CT molecular complexity index is 895. The standard InChI is InChI=1S/C17H15N3O3/c1-11(9-16(22)23)20(10-21)15-8-4-7-14-17(15)19-13-6-3-2-5-12(13)18-14/h2-8,10-11H,9H2,1H3,(H,22,23). The minimum Gasteiger partial charge on any atom is -0.481 e. The van der Waals surface area contributed by atoms with Gasteiger partial charge >= 0.3 is 5.97 Å². The molecule has 1 amide bonds. The molecule has 0 aliphatic carbocycles. The number of anilines is 1. The fraction of sp³-hybridized carbons (Fsp3) is 0.176. The number of nitrogens with zero attached hydrogens (tertiary/aromatic N) is 3. The summed E-state index contributed by atoms with van der Waals surface area (Å²) in [4.78, 5) is 33.0. The number of hydrogen-bond acceptors (Lipinski definition) is 4. The molecule has 1 atom stereocenters. The normalized spacial score (nSPS) is 12.2. The summed E-state index contributed by atoms with van der Waals surface area (Å²) in [6.07, 6.45) is 0.495. The Hall–Kier alpha value is -3.02. The van der Waals surface area contributed by atoms with Crippen LogP contribution in [0.15, 0.2) is 42.5 Å². The predicted molar refractivity (Wildman–Crippen MR) is 87.3 cm³/mol. The fourth-order valence-electron chi connectivity index (χ4n) is 2.59. The molecule has 0 fully saturated rings. The van der Waals surface area contributed by atoms with Gasteiger partial charge in [0.25, 0.3) is 0 Å². The molecular formula is C17H15N3O3. The number of carbonyl (C=O) groups excluding carboxylic acids is 1. The van der Waals surface area contributed by atoms with E-state index in [1.54, 1.807) is 19.1 Å². The third kappa shape index (κ3) is 2.83. The molecule has 0 aliphatic rings. The highest BCUT2D eigenvalue weighted by Gasteiger charge is 2.20. The molecule has 0 spiro atoms. The number of rotatable bonds is 5. The van der Waals surface area contributed by atoms with E-state index in [4.69, 9.17) is 5.11 Å². The zero-order valence-electron chi connectivity index (χ0n) is 12.5. The van der Waals surface area contributed by atoms with Crippen LogP contribution in [0.2, 0.25) is 0 Å². The number of hydrogen-bond donors (Lipinski definition) is 1. The van der Waals surface area contributed by atoms with Crippen LogP contribution in [0, 0.1) is 0 Å². The Morgan fingerprint density at radius 2 is 1.78 bits per heavy atom. The summed E-state index contributed by atoms with van der Waals surface area (Å²) in [6.45, 7) is 1.69. The van der Waals surface area contributed by atoms with Crippen molar-refractivity contribution in [2.75, 3.05) is 4.90 Å². The molecule has 0 radical (unpaired) electrons. The van der Waals surface area contributed by atoms with Gasteiger partial charge in [-0.25, -0.2) is 9.97 Å². The number of para-hydroxylation sites is 3. The van der Waals surface area contributed by atoms with Gasteiger partial charge in [-0.3, -0.25) is 9.59 Å². The van der Waals surface area contributed by atoms with Crippen LogP contribution in [0.5, 0.6) is 0 Å². The van der Waals surface area contributed by atoms with E-state index in [1.807, 2.05) is 30.3 Å². The van der Waals surface area contributed by atoms with Crippen LogP contribution in [-0.2, 0) is 9.59 Å². The lowest BCUT2D eigenvalue weighted by atomic mass is 10.1. The Labute approximate surface area is 132 Å². The van der Waals surface area contributed by atoms with Gasteiger partial charge in [-0.15, -0.1) is 0 Å². The zero-order chi connectivity index (χ0) is 16.4. The smallest absolute Gasteiger partial charge is 0.305 e. The number of fused-ring (bicyclic) bond motifs is 2. The molecule has 0 saturated carbocycles. The lowest BCUT2D eigenvalue weighted by Gasteiger charge is -2.24. The first-order valence-corrected chi connectivity index (χ1v) is 7.21. The quantitative estimate of drug-likeness (QED) is 0.578. The first-order valence-electron chi connectivity index (χ1n) is 7.21. The van der Waals surface area contributed by atoms with E-state index < -0.39 is 12.0 Å². The van der Waals surface area contributed by atoms with Gasteiger partial charge in [0.15, 0.2) is 0 Å². The van der Waals surface area contributed by atoms with Gasteiger partial charge in [-0.1, -0.05) is 18.2 Å². The summed E-state index contributed by atoms with van der Waals surface area (Å²) >= 11 is 0. The third-order valence-electron chi connectivity index (χ3n) is 3.68. The summed E-state index contributed by atoms with van der Waals surface area (Å²) in [5, 5.41) is 8.96. The van der Waals surface area contributed by atoms with Crippen molar-refractivity contribution < 1.29 is 14.7 Å². The molecule has 0 saturated heterocycles. The van der Waals surface area contributed by atoms with Crippen molar-refractivity contribution in [1.29, 1.82) is 0 Å². The van der Waals surface area contributed by atoms with Crippen molar-refractivity contribution in [2.24, 2.45) is 0 Å². The number of aliphatic carboxylic acids is 1. The summed E-state index contributed by atoms with van der Waals surface area (Å²) in [6, 6.07) is 12.4. The zero-order valence-corrected chi connectivity index (χ0v) is 12.5. The molecule has 1 N–H and O–H groups in total. The van der Waals surface area contributed by atoms with Crippen LogP contribution in [0.3, 0.4) is 0 Å². The third-order valence-corrected chi connectivity index (χ3v) is 3.68.